The van der Waals surface area contributed by atoms with E-state index >= 15 is 0 Å². The van der Waals surface area contributed by atoms with Gasteiger partial charge in [-0.15, -0.1) is 11.3 Å². The highest BCUT2D eigenvalue weighted by molar-refractivity contribution is 7.18. The number of ether oxygens (including phenoxy) is 1. The fourth-order valence-corrected chi connectivity index (χ4v) is 3.46. The number of amides is 1. The van der Waals surface area contributed by atoms with Gasteiger partial charge < -0.3 is 14.5 Å². The van der Waals surface area contributed by atoms with E-state index in [9.17, 15) is 9.59 Å². The van der Waals surface area contributed by atoms with E-state index in [1.165, 1.54) is 6.07 Å². The van der Waals surface area contributed by atoms with Gasteiger partial charge in [-0.2, -0.15) is 0 Å². The number of nitrogens with one attached hydrogen (secondary N) is 1. The van der Waals surface area contributed by atoms with Gasteiger partial charge in [-0.3, -0.25) is 4.79 Å². The van der Waals surface area contributed by atoms with Crippen LogP contribution in [0.25, 0.3) is 21.2 Å². The lowest BCUT2D eigenvalue weighted by Gasteiger charge is -2.08. The number of carbonyl (C=O) groups excluding carboxylic acids is 1. The molecule has 6 nitrogen and oxygen atoms in total. The average molecular weight is 366 g/mol. The summed E-state index contributed by atoms with van der Waals surface area (Å²) in [7, 11) is 0. The first-order valence-electron chi connectivity index (χ1n) is 7.91. The number of anilines is 1. The van der Waals surface area contributed by atoms with Gasteiger partial charge in [0.1, 0.15) is 11.3 Å². The van der Waals surface area contributed by atoms with Crippen molar-refractivity contribution in [3.63, 3.8) is 0 Å². The first-order chi connectivity index (χ1) is 12.6. The predicted molar refractivity (Wildman–Crippen MR) is 101 cm³/mol. The second-order valence-electron chi connectivity index (χ2n) is 5.71. The second-order valence-corrected chi connectivity index (χ2v) is 6.94. The highest BCUT2D eigenvalue weighted by Crippen LogP contribution is 2.25. The van der Waals surface area contributed by atoms with Crippen molar-refractivity contribution >= 4 is 44.1 Å². The third kappa shape index (κ3) is 3.43. The minimum atomic E-state index is -0.430. The Hall–Kier alpha value is -3.19. The molecule has 0 saturated carbocycles. The molecule has 0 unspecified atom stereocenters. The number of nitrogens with zero attached hydrogens (tertiary/aromatic N) is 1. The number of aromatic nitrogens is 1. The number of thiazole rings is 1. The Morgan fingerprint density at radius 2 is 2.04 bits per heavy atom. The fourth-order valence-electron chi connectivity index (χ4n) is 2.59. The van der Waals surface area contributed by atoms with Crippen LogP contribution in [0.4, 0.5) is 5.69 Å². The summed E-state index contributed by atoms with van der Waals surface area (Å²) in [6, 6.07) is 13.7. The largest absolute Gasteiger partial charge is 0.484 e. The summed E-state index contributed by atoms with van der Waals surface area (Å²) < 4.78 is 11.6. The van der Waals surface area contributed by atoms with E-state index in [4.69, 9.17) is 9.15 Å². The SMILES string of the molecule is Cc1nc2ccc(NC(=O)COc3ccc4ccc(=O)oc4c3)cc2s1. The minimum Gasteiger partial charge on any atom is -0.484 e. The van der Waals surface area contributed by atoms with Crippen molar-refractivity contribution in [1.29, 1.82) is 0 Å². The maximum Gasteiger partial charge on any atom is 0.336 e. The predicted octanol–water partition coefficient (Wildman–Crippen LogP) is 3.73. The molecule has 0 atom stereocenters. The van der Waals surface area contributed by atoms with Crippen LogP contribution in [0.15, 0.2) is 57.7 Å². The lowest BCUT2D eigenvalue weighted by molar-refractivity contribution is -0.118. The maximum absolute atomic E-state index is 12.1. The Bertz CT molecular complexity index is 1180. The molecule has 2 aromatic carbocycles. The van der Waals surface area contributed by atoms with Crippen LogP contribution >= 0.6 is 11.3 Å². The molecule has 1 amide bonds. The molecule has 0 bridgehead atoms. The molecular weight excluding hydrogens is 352 g/mol. The monoisotopic (exact) mass is 366 g/mol. The van der Waals surface area contributed by atoms with Crippen LogP contribution in [0.1, 0.15) is 5.01 Å². The number of hydrogen-bond donors (Lipinski definition) is 1. The summed E-state index contributed by atoms with van der Waals surface area (Å²) in [5.74, 6) is 0.177. The summed E-state index contributed by atoms with van der Waals surface area (Å²) in [5, 5.41) is 4.57. The molecule has 2 aromatic heterocycles. The van der Waals surface area contributed by atoms with E-state index < -0.39 is 5.63 Å². The Kier molecular flexibility index (Phi) is 4.14. The van der Waals surface area contributed by atoms with Gasteiger partial charge in [-0.05, 0) is 43.3 Å². The third-order valence-electron chi connectivity index (χ3n) is 3.74. The molecule has 0 saturated heterocycles. The second kappa shape index (κ2) is 6.61. The van der Waals surface area contributed by atoms with Crippen LogP contribution in [-0.4, -0.2) is 17.5 Å². The number of fused-ring (bicyclic) bond motifs is 2. The van der Waals surface area contributed by atoms with Crippen LogP contribution < -0.4 is 15.7 Å². The van der Waals surface area contributed by atoms with Gasteiger partial charge in [0.05, 0.1) is 15.2 Å². The van der Waals surface area contributed by atoms with Crippen LogP contribution in [0, 0.1) is 6.92 Å². The van der Waals surface area contributed by atoms with Crippen LogP contribution in [-0.2, 0) is 4.79 Å². The number of carbonyl (C=O) groups is 1. The summed E-state index contributed by atoms with van der Waals surface area (Å²) in [4.78, 5) is 27.8. The highest BCUT2D eigenvalue weighted by atomic mass is 32.1. The van der Waals surface area contributed by atoms with Gasteiger partial charge in [0.2, 0.25) is 0 Å². The van der Waals surface area contributed by atoms with Gasteiger partial charge in [0, 0.05) is 23.2 Å². The average Bonchev–Trinajstić information content (AvgIpc) is 2.99. The van der Waals surface area contributed by atoms with Gasteiger partial charge in [0.15, 0.2) is 6.61 Å². The number of hydrogen-bond acceptors (Lipinski definition) is 6. The molecule has 4 rings (SSSR count). The fraction of sp³-hybridized carbons (Fsp3) is 0.105. The van der Waals surface area contributed by atoms with Gasteiger partial charge in [0.25, 0.3) is 5.91 Å². The Balaban J connectivity index is 1.43. The highest BCUT2D eigenvalue weighted by Gasteiger charge is 2.07. The van der Waals surface area contributed by atoms with Crippen LogP contribution in [0.3, 0.4) is 0 Å². The molecule has 0 aliphatic rings. The third-order valence-corrected chi connectivity index (χ3v) is 4.68. The van der Waals surface area contributed by atoms with E-state index in [1.54, 1.807) is 35.6 Å². The van der Waals surface area contributed by atoms with Gasteiger partial charge in [-0.1, -0.05) is 0 Å². The molecule has 7 heteroatoms. The number of benzene rings is 2. The molecule has 0 spiro atoms. The standard InChI is InChI=1S/C19H14N2O4S/c1-11-20-15-6-4-13(8-17(15)26-11)21-18(22)10-24-14-5-2-12-3-7-19(23)25-16(12)9-14/h2-9H,10H2,1H3,(H,21,22). The summed E-state index contributed by atoms with van der Waals surface area (Å²) >= 11 is 1.58. The van der Waals surface area contributed by atoms with Crippen molar-refractivity contribution in [3.05, 3.63) is 64.0 Å². The minimum absolute atomic E-state index is 0.150. The summed E-state index contributed by atoms with van der Waals surface area (Å²) in [5.41, 5.74) is 1.60. The normalized spacial score (nSPS) is 11.0. The number of aryl methyl sites for hydroxylation is 1. The van der Waals surface area contributed by atoms with Gasteiger partial charge in [-0.25, -0.2) is 9.78 Å². The van der Waals surface area contributed by atoms with Crippen molar-refractivity contribution in [1.82, 2.24) is 4.98 Å². The Morgan fingerprint density at radius 3 is 2.92 bits per heavy atom. The van der Waals surface area contributed by atoms with E-state index in [-0.39, 0.29) is 12.5 Å². The zero-order valence-corrected chi connectivity index (χ0v) is 14.6. The molecule has 26 heavy (non-hydrogen) atoms. The van der Waals surface area contributed by atoms with Crippen molar-refractivity contribution in [2.45, 2.75) is 6.92 Å². The quantitative estimate of drug-likeness (QED) is 0.557. The van der Waals surface area contributed by atoms with Gasteiger partial charge >= 0.3 is 5.63 Å². The molecule has 130 valence electrons. The topological polar surface area (TPSA) is 81.4 Å². The molecule has 0 aliphatic heterocycles. The molecule has 0 aliphatic carbocycles. The van der Waals surface area contributed by atoms with Crippen molar-refractivity contribution in [3.8, 4) is 5.75 Å². The lowest BCUT2D eigenvalue weighted by Crippen LogP contribution is -2.20. The Morgan fingerprint density at radius 1 is 1.19 bits per heavy atom. The smallest absolute Gasteiger partial charge is 0.336 e. The molecule has 0 radical (unpaired) electrons. The maximum atomic E-state index is 12.1. The summed E-state index contributed by atoms with van der Waals surface area (Å²) in [6.45, 7) is 1.80. The number of rotatable bonds is 4. The van der Waals surface area contributed by atoms with Crippen molar-refractivity contribution < 1.29 is 13.9 Å². The zero-order valence-electron chi connectivity index (χ0n) is 13.8. The van der Waals surface area contributed by atoms with E-state index in [1.807, 2.05) is 25.1 Å². The Labute approximate surface area is 152 Å². The van der Waals surface area contributed by atoms with Crippen LogP contribution in [0.2, 0.25) is 0 Å². The summed E-state index contributed by atoms with van der Waals surface area (Å²) in [6.07, 6.45) is 0. The molecule has 1 N–H and O–H groups in total. The lowest BCUT2D eigenvalue weighted by atomic mass is 10.2. The van der Waals surface area contributed by atoms with E-state index in [0.29, 0.717) is 17.0 Å². The van der Waals surface area contributed by atoms with Crippen molar-refractivity contribution in [2.75, 3.05) is 11.9 Å². The molecule has 0 fully saturated rings. The molecule has 4 aromatic rings. The van der Waals surface area contributed by atoms with E-state index in [0.717, 1.165) is 20.6 Å². The first-order valence-corrected chi connectivity index (χ1v) is 8.72. The zero-order chi connectivity index (χ0) is 18.1. The molecule has 2 heterocycles. The van der Waals surface area contributed by atoms with Crippen molar-refractivity contribution in [2.24, 2.45) is 0 Å². The van der Waals surface area contributed by atoms with Crippen LogP contribution in [0.5, 0.6) is 5.75 Å². The first kappa shape index (κ1) is 16.3. The molecular formula is C19H14N2O4S. The van der Waals surface area contributed by atoms with E-state index in [2.05, 4.69) is 10.3 Å².